The maximum absolute atomic E-state index is 12.7. The highest BCUT2D eigenvalue weighted by Crippen LogP contribution is 2.43. The molecule has 0 radical (unpaired) electrons. The van der Waals surface area contributed by atoms with Gasteiger partial charge in [0, 0.05) is 30.3 Å². The summed E-state index contributed by atoms with van der Waals surface area (Å²) in [5.41, 5.74) is 1.29. The van der Waals surface area contributed by atoms with E-state index in [9.17, 15) is 4.79 Å². The molecule has 1 saturated heterocycles. The van der Waals surface area contributed by atoms with Crippen molar-refractivity contribution >= 4 is 17.2 Å². The number of amides is 1. The van der Waals surface area contributed by atoms with Crippen LogP contribution in [0.2, 0.25) is 0 Å². The molecule has 4 rings (SSSR count). The van der Waals surface area contributed by atoms with Crippen molar-refractivity contribution in [2.24, 2.45) is 5.92 Å². The molecular formula is C18H23NO2S. The zero-order valence-electron chi connectivity index (χ0n) is 12.9. The third-order valence-electron chi connectivity index (χ3n) is 5.44. The number of likely N-dealkylation sites (tertiary alicyclic amines) is 1. The number of carbonyl (C=O) groups excluding carboxylic acids is 1. The van der Waals surface area contributed by atoms with Gasteiger partial charge in [-0.15, -0.1) is 11.3 Å². The highest BCUT2D eigenvalue weighted by atomic mass is 32.1. The average Bonchev–Trinajstić information content (AvgIpc) is 3.06. The van der Waals surface area contributed by atoms with Crippen LogP contribution in [0.1, 0.15) is 42.5 Å². The van der Waals surface area contributed by atoms with Gasteiger partial charge < -0.3 is 9.64 Å². The minimum absolute atomic E-state index is 0.114. The number of ether oxygens (including phenoxy) is 1. The first-order valence-electron chi connectivity index (χ1n) is 8.43. The summed E-state index contributed by atoms with van der Waals surface area (Å²) in [6, 6.07) is 2.24. The van der Waals surface area contributed by atoms with Crippen LogP contribution in [0.3, 0.4) is 0 Å². The number of thiophene rings is 1. The fraction of sp³-hybridized carbons (Fsp3) is 0.611. The second-order valence-electron chi connectivity index (χ2n) is 6.66. The Labute approximate surface area is 136 Å². The summed E-state index contributed by atoms with van der Waals surface area (Å²) in [6.45, 7) is 2.51. The van der Waals surface area contributed by atoms with Crippen LogP contribution >= 0.6 is 11.3 Å². The lowest BCUT2D eigenvalue weighted by molar-refractivity contribution is -0.144. The van der Waals surface area contributed by atoms with Gasteiger partial charge in [0.1, 0.15) is 0 Å². The number of hydrogen-bond donors (Lipinski definition) is 0. The minimum atomic E-state index is -0.114. The Balaban J connectivity index is 1.45. The zero-order valence-corrected chi connectivity index (χ0v) is 13.7. The Morgan fingerprint density at radius 2 is 2.18 bits per heavy atom. The standard InChI is InChI=1S/C18H23NO2S/c20-17(14-4-2-1-3-5-14)19-10-8-18(9-11-19)15-7-13-22-16(15)6-12-21-18/h1-2,7,13-14H,3-6,8-12H2. The van der Waals surface area contributed by atoms with Gasteiger partial charge in [-0.1, -0.05) is 12.2 Å². The SMILES string of the molecule is O=C(C1CC=CCC1)N1CCC2(CC1)OCCc1sccc12. The van der Waals surface area contributed by atoms with Gasteiger partial charge in [0.25, 0.3) is 0 Å². The molecule has 1 aromatic heterocycles. The van der Waals surface area contributed by atoms with Crippen molar-refractivity contribution in [3.63, 3.8) is 0 Å². The second kappa shape index (κ2) is 5.82. The molecule has 118 valence electrons. The molecule has 1 atom stereocenters. The zero-order chi connectivity index (χ0) is 15.0. The van der Waals surface area contributed by atoms with Gasteiger partial charge in [-0.05, 0) is 49.1 Å². The molecule has 0 N–H and O–H groups in total. The fourth-order valence-electron chi connectivity index (χ4n) is 4.14. The Kier molecular flexibility index (Phi) is 3.82. The molecule has 2 aliphatic heterocycles. The topological polar surface area (TPSA) is 29.5 Å². The molecule has 1 unspecified atom stereocenters. The van der Waals surface area contributed by atoms with Crippen LogP contribution in [-0.4, -0.2) is 30.5 Å². The quantitative estimate of drug-likeness (QED) is 0.742. The van der Waals surface area contributed by atoms with Gasteiger partial charge in [-0.2, -0.15) is 0 Å². The van der Waals surface area contributed by atoms with E-state index in [0.717, 1.165) is 58.2 Å². The Bertz CT molecular complexity index is 584. The van der Waals surface area contributed by atoms with Crippen LogP contribution in [0, 0.1) is 5.92 Å². The van der Waals surface area contributed by atoms with E-state index in [0.29, 0.717) is 5.91 Å². The molecule has 1 spiro atoms. The molecule has 0 bridgehead atoms. The summed E-state index contributed by atoms with van der Waals surface area (Å²) in [6.07, 6.45) is 10.3. The number of allylic oxidation sites excluding steroid dienone is 2. The van der Waals surface area contributed by atoms with Crippen molar-refractivity contribution in [3.05, 3.63) is 34.0 Å². The van der Waals surface area contributed by atoms with E-state index in [2.05, 4.69) is 28.5 Å². The Morgan fingerprint density at radius 3 is 2.95 bits per heavy atom. The summed E-state index contributed by atoms with van der Waals surface area (Å²) in [5, 5.41) is 2.19. The van der Waals surface area contributed by atoms with E-state index in [4.69, 9.17) is 4.74 Å². The molecule has 3 aliphatic rings. The van der Waals surface area contributed by atoms with Crippen LogP contribution < -0.4 is 0 Å². The lowest BCUT2D eigenvalue weighted by Gasteiger charge is -2.44. The summed E-state index contributed by atoms with van der Waals surface area (Å²) < 4.78 is 6.22. The largest absolute Gasteiger partial charge is 0.370 e. The average molecular weight is 317 g/mol. The van der Waals surface area contributed by atoms with Crippen molar-refractivity contribution in [1.29, 1.82) is 0 Å². The predicted molar refractivity (Wildman–Crippen MR) is 87.9 cm³/mol. The fourth-order valence-corrected chi connectivity index (χ4v) is 5.09. The molecule has 1 amide bonds. The summed E-state index contributed by atoms with van der Waals surface area (Å²) in [4.78, 5) is 16.2. The second-order valence-corrected chi connectivity index (χ2v) is 7.66. The Morgan fingerprint density at radius 1 is 1.32 bits per heavy atom. The summed E-state index contributed by atoms with van der Waals surface area (Å²) in [7, 11) is 0. The monoisotopic (exact) mass is 317 g/mol. The maximum Gasteiger partial charge on any atom is 0.226 e. The van der Waals surface area contributed by atoms with Crippen molar-refractivity contribution in [2.75, 3.05) is 19.7 Å². The van der Waals surface area contributed by atoms with Crippen LogP contribution in [0.25, 0.3) is 0 Å². The number of carbonyl (C=O) groups is 1. The number of rotatable bonds is 1. The lowest BCUT2D eigenvalue weighted by atomic mass is 9.82. The van der Waals surface area contributed by atoms with E-state index < -0.39 is 0 Å². The van der Waals surface area contributed by atoms with Crippen LogP contribution in [0.15, 0.2) is 23.6 Å². The first kappa shape index (κ1) is 14.5. The molecular weight excluding hydrogens is 294 g/mol. The lowest BCUT2D eigenvalue weighted by Crippen LogP contribution is -2.49. The number of hydrogen-bond acceptors (Lipinski definition) is 3. The Hall–Kier alpha value is -1.13. The van der Waals surface area contributed by atoms with Crippen molar-refractivity contribution in [2.45, 2.75) is 44.1 Å². The summed E-state index contributed by atoms with van der Waals surface area (Å²) >= 11 is 1.85. The van der Waals surface area contributed by atoms with Gasteiger partial charge in [0.05, 0.1) is 12.2 Å². The summed E-state index contributed by atoms with van der Waals surface area (Å²) in [5.74, 6) is 0.573. The molecule has 3 nitrogen and oxygen atoms in total. The molecule has 1 aliphatic carbocycles. The van der Waals surface area contributed by atoms with Crippen LogP contribution in [0.4, 0.5) is 0 Å². The van der Waals surface area contributed by atoms with E-state index in [1.807, 2.05) is 11.3 Å². The van der Waals surface area contributed by atoms with E-state index >= 15 is 0 Å². The smallest absolute Gasteiger partial charge is 0.226 e. The number of fused-ring (bicyclic) bond motifs is 2. The normalized spacial score (nSPS) is 26.9. The molecule has 1 fully saturated rings. The van der Waals surface area contributed by atoms with Crippen LogP contribution in [-0.2, 0) is 21.6 Å². The van der Waals surface area contributed by atoms with Crippen molar-refractivity contribution in [3.8, 4) is 0 Å². The molecule has 22 heavy (non-hydrogen) atoms. The predicted octanol–water partition coefficient (Wildman–Crippen LogP) is 3.49. The van der Waals surface area contributed by atoms with Crippen molar-refractivity contribution < 1.29 is 9.53 Å². The third kappa shape index (κ3) is 2.42. The van der Waals surface area contributed by atoms with Gasteiger partial charge in [0.2, 0.25) is 5.91 Å². The van der Waals surface area contributed by atoms with Crippen molar-refractivity contribution in [1.82, 2.24) is 4.90 Å². The maximum atomic E-state index is 12.7. The van der Waals surface area contributed by atoms with E-state index in [-0.39, 0.29) is 11.5 Å². The molecule has 1 aromatic rings. The van der Waals surface area contributed by atoms with Gasteiger partial charge in [-0.25, -0.2) is 0 Å². The van der Waals surface area contributed by atoms with Gasteiger partial charge >= 0.3 is 0 Å². The minimum Gasteiger partial charge on any atom is -0.370 e. The first-order chi connectivity index (χ1) is 10.8. The van der Waals surface area contributed by atoms with E-state index in [1.165, 1.54) is 10.4 Å². The third-order valence-corrected chi connectivity index (χ3v) is 6.43. The van der Waals surface area contributed by atoms with Gasteiger partial charge in [-0.3, -0.25) is 4.79 Å². The molecule has 0 aromatic carbocycles. The highest BCUT2D eigenvalue weighted by Gasteiger charge is 2.42. The first-order valence-corrected chi connectivity index (χ1v) is 9.31. The molecule has 4 heteroatoms. The van der Waals surface area contributed by atoms with E-state index in [1.54, 1.807) is 0 Å². The molecule has 3 heterocycles. The highest BCUT2D eigenvalue weighted by molar-refractivity contribution is 7.10. The number of nitrogens with zero attached hydrogens (tertiary/aromatic N) is 1. The molecule has 0 saturated carbocycles. The van der Waals surface area contributed by atoms with Gasteiger partial charge in [0.15, 0.2) is 0 Å². The number of piperidine rings is 1. The van der Waals surface area contributed by atoms with Crippen LogP contribution in [0.5, 0.6) is 0 Å².